The van der Waals surface area contributed by atoms with Crippen LogP contribution in [-0.2, 0) is 14.4 Å². The van der Waals surface area contributed by atoms with Gasteiger partial charge < -0.3 is 14.7 Å². The van der Waals surface area contributed by atoms with Gasteiger partial charge in [0.2, 0.25) is 5.91 Å². The fourth-order valence-corrected chi connectivity index (χ4v) is 4.61. The van der Waals surface area contributed by atoms with Crippen molar-refractivity contribution in [2.45, 2.75) is 70.4 Å². The summed E-state index contributed by atoms with van der Waals surface area (Å²) in [4.78, 5) is 44.4. The lowest BCUT2D eigenvalue weighted by molar-refractivity contribution is -0.161. The van der Waals surface area contributed by atoms with Crippen LogP contribution in [-0.4, -0.2) is 65.1 Å². The predicted molar refractivity (Wildman–Crippen MR) is 117 cm³/mol. The highest BCUT2D eigenvalue weighted by molar-refractivity contribution is 6.35. The molecule has 1 aliphatic heterocycles. The molecule has 30 heavy (non-hydrogen) atoms. The average Bonchev–Trinajstić information content (AvgIpc) is 3.06. The number of piperazine rings is 1. The SMILES string of the molecule is CCCCN1CCN([C@H](C(=O)N(C)C2CCCCCC2)c2ccccc2)C(=O)C1=O. The first kappa shape index (κ1) is 22.3. The third kappa shape index (κ3) is 5.02. The van der Waals surface area contributed by atoms with Gasteiger partial charge in [-0.3, -0.25) is 14.4 Å². The van der Waals surface area contributed by atoms with Gasteiger partial charge in [-0.15, -0.1) is 0 Å². The van der Waals surface area contributed by atoms with E-state index in [-0.39, 0.29) is 11.9 Å². The van der Waals surface area contributed by atoms with Crippen LogP contribution >= 0.6 is 0 Å². The lowest BCUT2D eigenvalue weighted by Crippen LogP contribution is -2.58. The summed E-state index contributed by atoms with van der Waals surface area (Å²) in [5, 5.41) is 0. The van der Waals surface area contributed by atoms with Crippen LogP contribution in [0.3, 0.4) is 0 Å². The van der Waals surface area contributed by atoms with Gasteiger partial charge in [0.05, 0.1) is 0 Å². The smallest absolute Gasteiger partial charge is 0.313 e. The first-order valence-electron chi connectivity index (χ1n) is 11.5. The molecule has 3 amide bonds. The Bertz CT molecular complexity index is 728. The molecule has 1 heterocycles. The van der Waals surface area contributed by atoms with E-state index in [4.69, 9.17) is 0 Å². The van der Waals surface area contributed by atoms with Crippen LogP contribution < -0.4 is 0 Å². The van der Waals surface area contributed by atoms with Crippen molar-refractivity contribution >= 4 is 17.7 Å². The van der Waals surface area contributed by atoms with Gasteiger partial charge in [-0.2, -0.15) is 0 Å². The Hall–Kier alpha value is -2.37. The maximum Gasteiger partial charge on any atom is 0.313 e. The van der Waals surface area contributed by atoms with Crippen molar-refractivity contribution in [1.29, 1.82) is 0 Å². The number of nitrogens with zero attached hydrogens (tertiary/aromatic N) is 3. The largest absolute Gasteiger partial charge is 0.341 e. The molecule has 1 aromatic rings. The molecule has 6 heteroatoms. The maximum absolute atomic E-state index is 13.7. The van der Waals surface area contributed by atoms with E-state index in [9.17, 15) is 14.4 Å². The zero-order chi connectivity index (χ0) is 21.5. The first-order valence-corrected chi connectivity index (χ1v) is 11.5. The van der Waals surface area contributed by atoms with Gasteiger partial charge in [0.15, 0.2) is 0 Å². The number of rotatable bonds is 7. The van der Waals surface area contributed by atoms with Crippen LogP contribution in [0.1, 0.15) is 69.9 Å². The summed E-state index contributed by atoms with van der Waals surface area (Å²) < 4.78 is 0. The second kappa shape index (κ2) is 10.6. The minimum absolute atomic E-state index is 0.0868. The molecule has 0 N–H and O–H groups in total. The third-order valence-electron chi connectivity index (χ3n) is 6.50. The number of carbonyl (C=O) groups is 3. The standard InChI is InChI=1S/C24H35N3O3/c1-3-4-16-26-17-18-27(24(30)23(26)29)21(19-12-8-7-9-13-19)22(28)25(2)20-14-10-5-6-11-15-20/h7-9,12-13,20-21H,3-6,10-11,14-18H2,1-2H3/t21-/m0/s1. The number of amides is 3. The number of hydrogen-bond donors (Lipinski definition) is 0. The fourth-order valence-electron chi connectivity index (χ4n) is 4.61. The monoisotopic (exact) mass is 413 g/mol. The molecular weight excluding hydrogens is 378 g/mol. The van der Waals surface area contributed by atoms with Crippen LogP contribution in [0.25, 0.3) is 0 Å². The zero-order valence-electron chi connectivity index (χ0n) is 18.4. The molecule has 2 fully saturated rings. The Kier molecular flexibility index (Phi) is 7.88. The molecule has 0 spiro atoms. The summed E-state index contributed by atoms with van der Waals surface area (Å²) in [5.41, 5.74) is 0.770. The third-order valence-corrected chi connectivity index (χ3v) is 6.50. The molecule has 0 aromatic heterocycles. The van der Waals surface area contributed by atoms with E-state index in [1.165, 1.54) is 17.7 Å². The number of carbonyl (C=O) groups excluding carboxylic acids is 3. The molecule has 2 aliphatic rings. The van der Waals surface area contributed by atoms with Crippen molar-refractivity contribution in [2.24, 2.45) is 0 Å². The van der Waals surface area contributed by atoms with Crippen molar-refractivity contribution < 1.29 is 14.4 Å². The Morgan fingerprint density at radius 1 is 1.03 bits per heavy atom. The van der Waals surface area contributed by atoms with Crippen molar-refractivity contribution in [3.05, 3.63) is 35.9 Å². The Morgan fingerprint density at radius 3 is 2.33 bits per heavy atom. The number of likely N-dealkylation sites (N-methyl/N-ethyl adjacent to an activating group) is 1. The lowest BCUT2D eigenvalue weighted by atomic mass is 10.00. The molecule has 1 saturated heterocycles. The minimum atomic E-state index is -0.746. The van der Waals surface area contributed by atoms with Crippen molar-refractivity contribution in [3.8, 4) is 0 Å². The molecule has 6 nitrogen and oxygen atoms in total. The number of hydrogen-bond acceptors (Lipinski definition) is 3. The summed E-state index contributed by atoms with van der Waals surface area (Å²) >= 11 is 0. The van der Waals surface area contributed by atoms with E-state index in [2.05, 4.69) is 6.92 Å². The molecule has 1 atom stereocenters. The normalized spacial score (nSPS) is 19.5. The van der Waals surface area contributed by atoms with Gasteiger partial charge in [-0.1, -0.05) is 69.4 Å². The van der Waals surface area contributed by atoms with E-state index < -0.39 is 17.9 Å². The topological polar surface area (TPSA) is 60.9 Å². The Balaban J connectivity index is 1.83. The quantitative estimate of drug-likeness (QED) is 0.509. The summed E-state index contributed by atoms with van der Waals surface area (Å²) in [6, 6.07) is 8.87. The van der Waals surface area contributed by atoms with Gasteiger partial charge in [-0.25, -0.2) is 0 Å². The van der Waals surface area contributed by atoms with Crippen LogP contribution in [0.2, 0.25) is 0 Å². The molecular formula is C24H35N3O3. The first-order chi connectivity index (χ1) is 14.5. The second-order valence-corrected chi connectivity index (χ2v) is 8.55. The van der Waals surface area contributed by atoms with Gasteiger partial charge >= 0.3 is 11.8 Å². The highest BCUT2D eigenvalue weighted by Gasteiger charge is 2.41. The highest BCUT2D eigenvalue weighted by Crippen LogP contribution is 2.29. The summed E-state index contributed by atoms with van der Waals surface area (Å²) in [7, 11) is 1.86. The predicted octanol–water partition coefficient (Wildman–Crippen LogP) is 3.38. The zero-order valence-corrected chi connectivity index (χ0v) is 18.4. The molecule has 0 unspecified atom stereocenters. The molecule has 0 bridgehead atoms. The van der Waals surface area contributed by atoms with Crippen LogP contribution in [0.15, 0.2) is 30.3 Å². The Labute approximate surface area is 180 Å². The average molecular weight is 414 g/mol. The van der Waals surface area contributed by atoms with E-state index in [1.807, 2.05) is 42.3 Å². The van der Waals surface area contributed by atoms with Crippen LogP contribution in [0.4, 0.5) is 0 Å². The van der Waals surface area contributed by atoms with Gasteiger partial charge in [-0.05, 0) is 24.8 Å². The molecule has 1 aromatic carbocycles. The van der Waals surface area contributed by atoms with Gasteiger partial charge in [0.1, 0.15) is 6.04 Å². The molecule has 1 saturated carbocycles. The van der Waals surface area contributed by atoms with E-state index in [1.54, 1.807) is 4.90 Å². The van der Waals surface area contributed by atoms with Crippen molar-refractivity contribution in [2.75, 3.05) is 26.7 Å². The summed E-state index contributed by atoms with van der Waals surface area (Å²) in [6.45, 7) is 3.53. The molecule has 164 valence electrons. The molecule has 3 rings (SSSR count). The summed E-state index contributed by atoms with van der Waals surface area (Å²) in [6.07, 6.45) is 8.55. The van der Waals surface area contributed by atoms with E-state index in [0.29, 0.717) is 19.6 Å². The van der Waals surface area contributed by atoms with Crippen molar-refractivity contribution in [1.82, 2.24) is 14.7 Å². The molecule has 0 radical (unpaired) electrons. The summed E-state index contributed by atoms with van der Waals surface area (Å²) in [5.74, 6) is -1.13. The van der Waals surface area contributed by atoms with Gasteiger partial charge in [0, 0.05) is 32.7 Å². The second-order valence-electron chi connectivity index (χ2n) is 8.55. The lowest BCUT2D eigenvalue weighted by Gasteiger charge is -2.40. The van der Waals surface area contributed by atoms with Gasteiger partial charge in [0.25, 0.3) is 0 Å². The van der Waals surface area contributed by atoms with E-state index >= 15 is 0 Å². The maximum atomic E-state index is 13.7. The van der Waals surface area contributed by atoms with Crippen molar-refractivity contribution in [3.63, 3.8) is 0 Å². The van der Waals surface area contributed by atoms with E-state index in [0.717, 1.165) is 44.1 Å². The fraction of sp³-hybridized carbons (Fsp3) is 0.625. The van der Waals surface area contributed by atoms with Crippen LogP contribution in [0, 0.1) is 0 Å². The van der Waals surface area contributed by atoms with Crippen LogP contribution in [0.5, 0.6) is 0 Å². The number of benzene rings is 1. The highest BCUT2D eigenvalue weighted by atomic mass is 16.2. The Morgan fingerprint density at radius 2 is 1.70 bits per heavy atom. The molecule has 1 aliphatic carbocycles. The minimum Gasteiger partial charge on any atom is -0.341 e. The number of unbranched alkanes of at least 4 members (excludes halogenated alkanes) is 1.